The van der Waals surface area contributed by atoms with E-state index in [1.165, 1.54) is 51.0 Å². The highest BCUT2D eigenvalue weighted by Gasteiger charge is 2.03. The topological polar surface area (TPSA) is 47.9 Å². The van der Waals surface area contributed by atoms with Crippen LogP contribution in [0.5, 0.6) is 5.75 Å². The first-order chi connectivity index (χ1) is 16.6. The first kappa shape index (κ1) is 27.4. The van der Waals surface area contributed by atoms with Crippen LogP contribution in [-0.4, -0.2) is 24.9 Å². The highest BCUT2D eigenvalue weighted by Crippen LogP contribution is 2.16. The van der Waals surface area contributed by atoms with Crippen LogP contribution in [0.15, 0.2) is 59.6 Å². The summed E-state index contributed by atoms with van der Waals surface area (Å²) in [4.78, 5) is 16.3. The molecular formula is C30H41NO3. The van der Waals surface area contributed by atoms with Crippen LogP contribution in [0.4, 0.5) is 5.69 Å². The van der Waals surface area contributed by atoms with Crippen molar-refractivity contribution in [3.05, 3.63) is 65.7 Å². The molecule has 0 saturated heterocycles. The zero-order chi connectivity index (χ0) is 24.4. The van der Waals surface area contributed by atoms with E-state index < -0.39 is 0 Å². The molecule has 0 aliphatic heterocycles. The van der Waals surface area contributed by atoms with E-state index in [1.807, 2.05) is 68.6 Å². The Morgan fingerprint density at radius 1 is 0.853 bits per heavy atom. The van der Waals surface area contributed by atoms with Crippen LogP contribution in [0.25, 0.3) is 6.08 Å². The molecule has 0 spiro atoms. The molecular weight excluding hydrogens is 422 g/mol. The SMILES string of the molecule is CCCCCCCCCCOc1ccc(C=Nc2ccc(C=CC(=O)OC(C)CC)cc2)cc1. The molecule has 2 aromatic rings. The van der Waals surface area contributed by atoms with Crippen molar-refractivity contribution < 1.29 is 14.3 Å². The first-order valence-corrected chi connectivity index (χ1v) is 12.9. The van der Waals surface area contributed by atoms with Gasteiger partial charge in [-0.1, -0.05) is 70.9 Å². The van der Waals surface area contributed by atoms with Gasteiger partial charge in [0.25, 0.3) is 0 Å². The third kappa shape index (κ3) is 11.8. The van der Waals surface area contributed by atoms with E-state index in [0.29, 0.717) is 0 Å². The highest BCUT2D eigenvalue weighted by atomic mass is 16.5. The Labute approximate surface area is 206 Å². The molecule has 34 heavy (non-hydrogen) atoms. The second kappa shape index (κ2) is 16.7. The molecule has 1 atom stereocenters. The van der Waals surface area contributed by atoms with Crippen LogP contribution < -0.4 is 4.74 Å². The Balaban J connectivity index is 1.70. The van der Waals surface area contributed by atoms with E-state index >= 15 is 0 Å². The smallest absolute Gasteiger partial charge is 0.331 e. The number of benzene rings is 2. The van der Waals surface area contributed by atoms with Crippen LogP contribution in [0.3, 0.4) is 0 Å². The molecule has 0 aromatic heterocycles. The maximum atomic E-state index is 11.7. The highest BCUT2D eigenvalue weighted by molar-refractivity contribution is 5.87. The molecule has 4 heteroatoms. The van der Waals surface area contributed by atoms with Gasteiger partial charge in [-0.05, 0) is 73.4 Å². The summed E-state index contributed by atoms with van der Waals surface area (Å²) in [6.07, 6.45) is 16.2. The third-order valence-electron chi connectivity index (χ3n) is 5.71. The largest absolute Gasteiger partial charge is 0.494 e. The van der Waals surface area contributed by atoms with E-state index in [-0.39, 0.29) is 12.1 Å². The number of hydrogen-bond acceptors (Lipinski definition) is 4. The summed E-state index contributed by atoms with van der Waals surface area (Å²) < 4.78 is 11.1. The van der Waals surface area contributed by atoms with Gasteiger partial charge in [0.2, 0.25) is 0 Å². The Kier molecular flexibility index (Phi) is 13.4. The first-order valence-electron chi connectivity index (χ1n) is 12.9. The fourth-order valence-corrected chi connectivity index (χ4v) is 3.38. The fraction of sp³-hybridized carbons (Fsp3) is 0.467. The molecule has 2 rings (SSSR count). The lowest BCUT2D eigenvalue weighted by atomic mass is 10.1. The predicted molar refractivity (Wildman–Crippen MR) is 143 cm³/mol. The minimum atomic E-state index is -0.318. The number of ether oxygens (including phenoxy) is 2. The van der Waals surface area contributed by atoms with Gasteiger partial charge in [0, 0.05) is 12.3 Å². The summed E-state index contributed by atoms with van der Waals surface area (Å²) in [5.74, 6) is 0.588. The zero-order valence-corrected chi connectivity index (χ0v) is 21.2. The Hall–Kier alpha value is -2.88. The van der Waals surface area contributed by atoms with Gasteiger partial charge >= 0.3 is 5.97 Å². The van der Waals surface area contributed by atoms with Crippen molar-refractivity contribution in [2.24, 2.45) is 4.99 Å². The van der Waals surface area contributed by atoms with Crippen molar-refractivity contribution >= 4 is 23.9 Å². The van der Waals surface area contributed by atoms with E-state index in [9.17, 15) is 4.79 Å². The number of carbonyl (C=O) groups is 1. The van der Waals surface area contributed by atoms with E-state index in [2.05, 4.69) is 11.9 Å². The molecule has 184 valence electrons. The standard InChI is InChI=1S/C30H41NO3/c1-4-6-7-8-9-10-11-12-23-33-29-20-15-27(16-21-29)24-31-28-18-13-26(14-19-28)17-22-30(32)34-25(3)5-2/h13-22,24-25H,4-12,23H2,1-3H3. The summed E-state index contributed by atoms with van der Waals surface area (Å²) >= 11 is 0. The summed E-state index contributed by atoms with van der Waals surface area (Å²) in [5, 5.41) is 0. The molecule has 0 radical (unpaired) electrons. The van der Waals surface area contributed by atoms with E-state index in [4.69, 9.17) is 9.47 Å². The molecule has 1 unspecified atom stereocenters. The molecule has 0 bridgehead atoms. The molecule has 0 aliphatic carbocycles. The number of rotatable bonds is 16. The van der Waals surface area contributed by atoms with Crippen molar-refractivity contribution in [3.8, 4) is 5.75 Å². The van der Waals surface area contributed by atoms with Crippen molar-refractivity contribution in [2.45, 2.75) is 84.7 Å². The van der Waals surface area contributed by atoms with Gasteiger partial charge in [0.15, 0.2) is 0 Å². The Morgan fingerprint density at radius 3 is 2.12 bits per heavy atom. The fourth-order valence-electron chi connectivity index (χ4n) is 3.38. The van der Waals surface area contributed by atoms with Crippen LogP contribution in [-0.2, 0) is 9.53 Å². The Bertz CT molecular complexity index is 869. The van der Waals surface area contributed by atoms with Gasteiger partial charge in [-0.3, -0.25) is 4.99 Å². The third-order valence-corrected chi connectivity index (χ3v) is 5.71. The van der Waals surface area contributed by atoms with Gasteiger partial charge < -0.3 is 9.47 Å². The van der Waals surface area contributed by atoms with Crippen LogP contribution in [0.1, 0.15) is 89.7 Å². The normalized spacial score (nSPS) is 12.3. The average Bonchev–Trinajstić information content (AvgIpc) is 2.86. The summed E-state index contributed by atoms with van der Waals surface area (Å²) in [5.41, 5.74) is 2.81. The maximum Gasteiger partial charge on any atom is 0.331 e. The van der Waals surface area contributed by atoms with Crippen LogP contribution in [0.2, 0.25) is 0 Å². The molecule has 0 aliphatic rings. The molecule has 0 amide bonds. The number of nitrogens with zero attached hydrogens (tertiary/aromatic N) is 1. The van der Waals surface area contributed by atoms with Crippen molar-refractivity contribution in [1.82, 2.24) is 0 Å². The minimum absolute atomic E-state index is 0.0654. The van der Waals surface area contributed by atoms with Crippen molar-refractivity contribution in [1.29, 1.82) is 0 Å². The summed E-state index contributed by atoms with van der Waals surface area (Å²) in [7, 11) is 0. The van der Waals surface area contributed by atoms with Gasteiger partial charge in [-0.2, -0.15) is 0 Å². The number of aliphatic imine (C=N–C) groups is 1. The molecule has 0 heterocycles. The van der Waals surface area contributed by atoms with E-state index in [1.54, 1.807) is 6.08 Å². The monoisotopic (exact) mass is 463 g/mol. The lowest BCUT2D eigenvalue weighted by Crippen LogP contribution is -2.11. The second-order valence-corrected chi connectivity index (χ2v) is 8.73. The van der Waals surface area contributed by atoms with Gasteiger partial charge in [-0.25, -0.2) is 4.79 Å². The second-order valence-electron chi connectivity index (χ2n) is 8.73. The molecule has 0 saturated carbocycles. The average molecular weight is 464 g/mol. The number of hydrogen-bond donors (Lipinski definition) is 0. The van der Waals surface area contributed by atoms with Crippen molar-refractivity contribution in [3.63, 3.8) is 0 Å². The minimum Gasteiger partial charge on any atom is -0.494 e. The summed E-state index contributed by atoms with van der Waals surface area (Å²) in [6.45, 7) is 6.91. The van der Waals surface area contributed by atoms with Crippen molar-refractivity contribution in [2.75, 3.05) is 6.61 Å². The Morgan fingerprint density at radius 2 is 1.47 bits per heavy atom. The zero-order valence-electron chi connectivity index (χ0n) is 21.2. The molecule has 4 nitrogen and oxygen atoms in total. The summed E-state index contributed by atoms with van der Waals surface area (Å²) in [6, 6.07) is 15.8. The van der Waals surface area contributed by atoms with E-state index in [0.717, 1.165) is 42.0 Å². The lowest BCUT2D eigenvalue weighted by molar-refractivity contribution is -0.142. The number of carbonyl (C=O) groups excluding carboxylic acids is 1. The molecule has 0 N–H and O–H groups in total. The molecule has 2 aromatic carbocycles. The predicted octanol–water partition coefficient (Wildman–Crippen LogP) is 8.31. The van der Waals surface area contributed by atoms with Gasteiger partial charge in [0.1, 0.15) is 5.75 Å². The maximum absolute atomic E-state index is 11.7. The van der Waals surface area contributed by atoms with Gasteiger partial charge in [-0.15, -0.1) is 0 Å². The van der Waals surface area contributed by atoms with Crippen LogP contribution >= 0.6 is 0 Å². The lowest BCUT2D eigenvalue weighted by Gasteiger charge is -2.07. The van der Waals surface area contributed by atoms with Gasteiger partial charge in [0.05, 0.1) is 18.4 Å². The quantitative estimate of drug-likeness (QED) is 0.109. The van der Waals surface area contributed by atoms with Crippen LogP contribution in [0, 0.1) is 0 Å². The number of esters is 1. The molecule has 0 fully saturated rings. The number of unbranched alkanes of at least 4 members (excludes halogenated alkanes) is 7.